The minimum Gasteiger partial charge on any atom is -0.338 e. The molecule has 1 heterocycles. The van der Waals surface area contributed by atoms with Crippen molar-refractivity contribution >= 4 is 16.1 Å². The van der Waals surface area contributed by atoms with E-state index in [1.807, 2.05) is 50.2 Å². The molecule has 0 aliphatic carbocycles. The summed E-state index contributed by atoms with van der Waals surface area (Å²) in [6, 6.07) is 7.49. The highest BCUT2D eigenvalue weighted by Crippen LogP contribution is 2.22. The Morgan fingerprint density at radius 3 is 2.30 bits per heavy atom. The van der Waals surface area contributed by atoms with Crippen molar-refractivity contribution in [1.82, 2.24) is 14.1 Å². The molecule has 0 saturated carbocycles. The molecule has 128 valence electrons. The van der Waals surface area contributed by atoms with Crippen molar-refractivity contribution in [1.29, 1.82) is 0 Å². The number of rotatable bonds is 4. The lowest BCUT2D eigenvalue weighted by Crippen LogP contribution is -2.54. The molecule has 2 rings (SSSR count). The van der Waals surface area contributed by atoms with E-state index in [4.69, 9.17) is 5.14 Å². The summed E-state index contributed by atoms with van der Waals surface area (Å²) >= 11 is 0. The summed E-state index contributed by atoms with van der Waals surface area (Å²) in [5, 5.41) is 5.13. The summed E-state index contributed by atoms with van der Waals surface area (Å²) in [6.45, 7) is 3.17. The molecule has 23 heavy (non-hydrogen) atoms. The van der Waals surface area contributed by atoms with Gasteiger partial charge in [-0.1, -0.05) is 29.8 Å². The molecule has 1 aromatic rings. The van der Waals surface area contributed by atoms with Gasteiger partial charge in [0.25, 0.3) is 10.2 Å². The molecular formula is C15H24N4O3S. The third-order valence-corrected chi connectivity index (χ3v) is 5.10. The van der Waals surface area contributed by atoms with Crippen molar-refractivity contribution in [3.05, 3.63) is 35.4 Å². The summed E-state index contributed by atoms with van der Waals surface area (Å²) in [5.74, 6) is -0.0188. The number of likely N-dealkylation sites (N-methyl/N-ethyl adjacent to an activating group) is 1. The third-order valence-electron chi connectivity index (χ3n) is 4.02. The second kappa shape index (κ2) is 6.96. The quantitative estimate of drug-likeness (QED) is 0.832. The maximum absolute atomic E-state index is 12.9. The van der Waals surface area contributed by atoms with Crippen molar-refractivity contribution < 1.29 is 13.2 Å². The van der Waals surface area contributed by atoms with Crippen molar-refractivity contribution in [3.63, 3.8) is 0 Å². The molecule has 1 amide bonds. The lowest BCUT2D eigenvalue weighted by Gasteiger charge is -2.36. The number of carbonyl (C=O) groups is 1. The van der Waals surface area contributed by atoms with Gasteiger partial charge in [-0.05, 0) is 26.6 Å². The number of carbonyl (C=O) groups excluding carboxylic acids is 1. The van der Waals surface area contributed by atoms with Gasteiger partial charge in [-0.3, -0.25) is 9.69 Å². The average molecular weight is 340 g/mol. The largest absolute Gasteiger partial charge is 0.338 e. The Morgan fingerprint density at radius 2 is 1.83 bits per heavy atom. The number of benzene rings is 1. The molecule has 0 bridgehead atoms. The monoisotopic (exact) mass is 340 g/mol. The number of amides is 1. The fraction of sp³-hybridized carbons (Fsp3) is 0.533. The number of nitrogens with zero attached hydrogens (tertiary/aromatic N) is 3. The zero-order valence-corrected chi connectivity index (χ0v) is 14.6. The van der Waals surface area contributed by atoms with Gasteiger partial charge in [0, 0.05) is 26.2 Å². The topological polar surface area (TPSA) is 87.0 Å². The molecule has 0 spiro atoms. The van der Waals surface area contributed by atoms with Crippen LogP contribution in [-0.4, -0.2) is 68.7 Å². The molecule has 1 atom stereocenters. The van der Waals surface area contributed by atoms with E-state index in [0.29, 0.717) is 13.1 Å². The summed E-state index contributed by atoms with van der Waals surface area (Å²) in [5.41, 5.74) is 2.04. The van der Waals surface area contributed by atoms with Gasteiger partial charge in [0.1, 0.15) is 6.04 Å². The Morgan fingerprint density at radius 1 is 1.22 bits per heavy atom. The second-order valence-corrected chi connectivity index (χ2v) is 7.60. The smallest absolute Gasteiger partial charge is 0.277 e. The molecule has 1 aromatic carbocycles. The van der Waals surface area contributed by atoms with Gasteiger partial charge in [0.2, 0.25) is 5.91 Å². The van der Waals surface area contributed by atoms with E-state index < -0.39 is 10.2 Å². The summed E-state index contributed by atoms with van der Waals surface area (Å²) < 4.78 is 23.9. The van der Waals surface area contributed by atoms with Crippen molar-refractivity contribution in [3.8, 4) is 0 Å². The molecule has 1 saturated heterocycles. The fourth-order valence-electron chi connectivity index (χ4n) is 2.84. The van der Waals surface area contributed by atoms with E-state index in [9.17, 15) is 13.2 Å². The fourth-order valence-corrected chi connectivity index (χ4v) is 3.51. The normalized spacial score (nSPS) is 18.2. The lowest BCUT2D eigenvalue weighted by atomic mass is 10.0. The van der Waals surface area contributed by atoms with Crippen LogP contribution < -0.4 is 5.14 Å². The second-order valence-electron chi connectivity index (χ2n) is 6.05. The predicted molar refractivity (Wildman–Crippen MR) is 88.9 cm³/mol. The number of nitrogens with two attached hydrogens (primary N) is 1. The first-order chi connectivity index (χ1) is 10.7. The van der Waals surface area contributed by atoms with Gasteiger partial charge in [-0.25, -0.2) is 5.14 Å². The molecule has 7 nitrogen and oxygen atoms in total. The van der Waals surface area contributed by atoms with Crippen molar-refractivity contribution in [2.24, 2.45) is 5.14 Å². The van der Waals surface area contributed by atoms with Crippen LogP contribution in [0.25, 0.3) is 0 Å². The minimum atomic E-state index is -3.68. The minimum absolute atomic E-state index is 0.0188. The maximum Gasteiger partial charge on any atom is 0.277 e. The van der Waals surface area contributed by atoms with E-state index >= 15 is 0 Å². The van der Waals surface area contributed by atoms with Crippen molar-refractivity contribution in [2.75, 3.05) is 40.3 Å². The molecule has 0 unspecified atom stereocenters. The van der Waals surface area contributed by atoms with Gasteiger partial charge in [-0.2, -0.15) is 12.7 Å². The molecular weight excluding hydrogens is 316 g/mol. The summed E-state index contributed by atoms with van der Waals surface area (Å²) in [7, 11) is 0.0487. The van der Waals surface area contributed by atoms with Crippen LogP contribution in [0.2, 0.25) is 0 Å². The highest BCUT2D eigenvalue weighted by molar-refractivity contribution is 7.86. The molecule has 8 heteroatoms. The van der Waals surface area contributed by atoms with E-state index in [2.05, 4.69) is 0 Å². The first-order valence-corrected chi connectivity index (χ1v) is 9.00. The van der Waals surface area contributed by atoms with Gasteiger partial charge in [-0.15, -0.1) is 0 Å². The molecule has 0 aromatic heterocycles. The highest BCUT2D eigenvalue weighted by atomic mass is 32.2. The van der Waals surface area contributed by atoms with Gasteiger partial charge in [0.05, 0.1) is 0 Å². The van der Waals surface area contributed by atoms with E-state index in [-0.39, 0.29) is 25.0 Å². The standard InChI is InChI=1S/C15H24N4O3S/c1-12-5-4-6-13(11-12)14(17(2)3)15(20)18-7-9-19(10-8-18)23(16,21)22/h4-6,11,14H,7-10H2,1-3H3,(H2,16,21,22)/t14-/m0/s1. The van der Waals surface area contributed by atoms with Crippen LogP contribution >= 0.6 is 0 Å². The molecule has 2 N–H and O–H groups in total. The third kappa shape index (κ3) is 4.29. The van der Waals surface area contributed by atoms with Crippen LogP contribution in [0.3, 0.4) is 0 Å². The number of hydrogen-bond acceptors (Lipinski definition) is 4. The molecule has 1 aliphatic rings. The Hall–Kier alpha value is -1.48. The predicted octanol–water partition coefficient (Wildman–Crippen LogP) is -0.0546. The number of piperazine rings is 1. The zero-order valence-electron chi connectivity index (χ0n) is 13.8. The Balaban J connectivity index is 2.14. The Kier molecular flexibility index (Phi) is 5.41. The van der Waals surface area contributed by atoms with Gasteiger partial charge < -0.3 is 4.90 Å². The van der Waals surface area contributed by atoms with Gasteiger partial charge >= 0.3 is 0 Å². The molecule has 1 fully saturated rings. The van der Waals surface area contributed by atoms with Crippen LogP contribution in [0.15, 0.2) is 24.3 Å². The van der Waals surface area contributed by atoms with Gasteiger partial charge in [0.15, 0.2) is 0 Å². The average Bonchev–Trinajstić information content (AvgIpc) is 2.46. The number of hydrogen-bond donors (Lipinski definition) is 1. The SMILES string of the molecule is Cc1cccc([C@@H](C(=O)N2CCN(S(N)(=O)=O)CC2)N(C)C)c1. The molecule has 1 aliphatic heterocycles. The maximum atomic E-state index is 12.9. The first-order valence-electron chi connectivity index (χ1n) is 7.50. The highest BCUT2D eigenvalue weighted by Gasteiger charge is 2.32. The summed E-state index contributed by atoms with van der Waals surface area (Å²) in [6.07, 6.45) is 0. The van der Waals surface area contributed by atoms with Crippen LogP contribution in [0.5, 0.6) is 0 Å². The van der Waals surface area contributed by atoms with Crippen LogP contribution in [0.4, 0.5) is 0 Å². The molecule has 0 radical (unpaired) electrons. The zero-order chi connectivity index (χ0) is 17.2. The van der Waals surface area contributed by atoms with Crippen LogP contribution in [-0.2, 0) is 15.0 Å². The van der Waals surface area contributed by atoms with Crippen LogP contribution in [0, 0.1) is 6.92 Å². The first kappa shape index (κ1) is 17.9. The van der Waals surface area contributed by atoms with Crippen molar-refractivity contribution in [2.45, 2.75) is 13.0 Å². The lowest BCUT2D eigenvalue weighted by molar-refractivity contribution is -0.137. The van der Waals surface area contributed by atoms with E-state index in [1.54, 1.807) is 4.90 Å². The Bertz CT molecular complexity index is 667. The number of aryl methyl sites for hydroxylation is 1. The van der Waals surface area contributed by atoms with Crippen LogP contribution in [0.1, 0.15) is 17.2 Å². The van der Waals surface area contributed by atoms with E-state index in [0.717, 1.165) is 11.1 Å². The summed E-state index contributed by atoms with van der Waals surface area (Å²) in [4.78, 5) is 16.5. The van der Waals surface area contributed by atoms with E-state index in [1.165, 1.54) is 4.31 Å². The Labute approximate surface area is 137 Å².